The number of aromatic nitrogens is 3. The molecule has 0 radical (unpaired) electrons. The minimum atomic E-state index is -0.930. The Morgan fingerprint density at radius 2 is 1.95 bits per heavy atom. The Bertz CT molecular complexity index is 778. The third-order valence-corrected chi connectivity index (χ3v) is 3.11. The fourth-order valence-electron chi connectivity index (χ4n) is 1.47. The molecule has 2 rings (SSSR count). The third kappa shape index (κ3) is 3.93. The Morgan fingerprint density at radius 1 is 1.19 bits per heavy atom. The zero-order valence-electron chi connectivity index (χ0n) is 10.9. The van der Waals surface area contributed by atoms with Gasteiger partial charge in [0.2, 0.25) is 11.9 Å². The second kappa shape index (κ2) is 6.55. The predicted octanol–water partition coefficient (Wildman–Crippen LogP) is 2.01. The van der Waals surface area contributed by atoms with Crippen molar-refractivity contribution in [3.05, 3.63) is 49.0 Å². The average Bonchev–Trinajstić information content (AvgIpc) is 2.54. The summed E-state index contributed by atoms with van der Waals surface area (Å²) in [6.45, 7) is 2.32. The van der Waals surface area contributed by atoms with Crippen LogP contribution in [0.3, 0.4) is 0 Å². The molecule has 0 saturated carbocycles. The summed E-state index contributed by atoms with van der Waals surface area (Å²) in [6.07, 6.45) is 0. The van der Waals surface area contributed by atoms with E-state index in [0.717, 1.165) is 0 Å². The summed E-state index contributed by atoms with van der Waals surface area (Å²) in [5, 5.41) is 6.35. The highest BCUT2D eigenvalue weighted by molar-refractivity contribution is 6.42. The first kappa shape index (κ1) is 15.3. The Balaban J connectivity index is 2.43. The van der Waals surface area contributed by atoms with E-state index in [0.29, 0.717) is 22.3 Å². The van der Waals surface area contributed by atoms with Crippen LogP contribution in [0.5, 0.6) is 0 Å². The molecule has 7 nitrogen and oxygen atoms in total. The van der Waals surface area contributed by atoms with E-state index in [1.165, 1.54) is 0 Å². The van der Waals surface area contributed by atoms with Gasteiger partial charge in [0.05, 0.1) is 10.0 Å². The summed E-state index contributed by atoms with van der Waals surface area (Å²) in [7, 11) is 0. The smallest absolute Gasteiger partial charge is 0.338 e. The molecule has 1 aromatic carbocycles. The van der Waals surface area contributed by atoms with Crippen LogP contribution in [0.25, 0.3) is 0 Å². The van der Waals surface area contributed by atoms with E-state index >= 15 is 0 Å². The van der Waals surface area contributed by atoms with Crippen molar-refractivity contribution in [3.63, 3.8) is 0 Å². The van der Waals surface area contributed by atoms with Crippen molar-refractivity contribution in [2.45, 2.75) is 6.92 Å². The van der Waals surface area contributed by atoms with E-state index in [1.807, 2.05) is 6.92 Å². The van der Waals surface area contributed by atoms with E-state index in [9.17, 15) is 9.59 Å². The van der Waals surface area contributed by atoms with Gasteiger partial charge in [-0.05, 0) is 25.1 Å². The molecule has 0 bridgehead atoms. The van der Waals surface area contributed by atoms with Gasteiger partial charge in [-0.15, -0.1) is 0 Å². The lowest BCUT2D eigenvalue weighted by Crippen LogP contribution is -2.26. The van der Waals surface area contributed by atoms with E-state index in [1.54, 1.807) is 18.2 Å². The highest BCUT2D eigenvalue weighted by Gasteiger charge is 2.05. The first-order valence-electron chi connectivity index (χ1n) is 5.98. The number of halogens is 2. The molecule has 0 fully saturated rings. The summed E-state index contributed by atoms with van der Waals surface area (Å²) in [5.74, 6) is 0.104. The molecule has 0 aliphatic heterocycles. The van der Waals surface area contributed by atoms with E-state index < -0.39 is 11.1 Å². The predicted molar refractivity (Wildman–Crippen MR) is 82.8 cm³/mol. The molecule has 2 aromatic rings. The maximum absolute atomic E-state index is 11.5. The Hall–Kier alpha value is -2.12. The standard InChI is InChI=1S/C12H11Cl2N5O2/c1-2-15-11-17-9(20)10(21)18-12(19-11)16-6-3-4-7(13)8(14)5-6/h3-5H,2H2,1H3,(H3,15,16,17,18,19,20,21). The normalized spacial score (nSPS) is 10.2. The van der Waals surface area contributed by atoms with Crippen molar-refractivity contribution >= 4 is 40.8 Å². The van der Waals surface area contributed by atoms with Gasteiger partial charge in [-0.2, -0.15) is 9.97 Å². The first-order chi connectivity index (χ1) is 9.99. The number of hydrogen-bond acceptors (Lipinski definition) is 6. The van der Waals surface area contributed by atoms with Gasteiger partial charge in [0.1, 0.15) is 0 Å². The van der Waals surface area contributed by atoms with Crippen LogP contribution < -0.4 is 21.8 Å². The second-order valence-corrected chi connectivity index (χ2v) is 4.75. The molecule has 21 heavy (non-hydrogen) atoms. The van der Waals surface area contributed by atoms with Crippen molar-refractivity contribution in [2.75, 3.05) is 17.2 Å². The van der Waals surface area contributed by atoms with Crippen LogP contribution in [-0.2, 0) is 0 Å². The quantitative estimate of drug-likeness (QED) is 0.743. The van der Waals surface area contributed by atoms with Gasteiger partial charge in [-0.1, -0.05) is 23.2 Å². The first-order valence-corrected chi connectivity index (χ1v) is 6.74. The molecule has 0 saturated heterocycles. The molecule has 0 amide bonds. The molecule has 110 valence electrons. The topological polar surface area (TPSA) is 99.8 Å². The summed E-state index contributed by atoms with van der Waals surface area (Å²) in [5.41, 5.74) is -1.26. The van der Waals surface area contributed by atoms with Crippen molar-refractivity contribution in [1.82, 2.24) is 15.0 Å². The van der Waals surface area contributed by atoms with Gasteiger partial charge < -0.3 is 10.6 Å². The number of rotatable bonds is 4. The lowest BCUT2D eigenvalue weighted by atomic mass is 10.3. The molecular weight excluding hydrogens is 317 g/mol. The summed E-state index contributed by atoms with van der Waals surface area (Å²) in [4.78, 5) is 32.8. The van der Waals surface area contributed by atoms with Gasteiger partial charge >= 0.3 is 11.1 Å². The number of hydrogen-bond donors (Lipinski definition) is 3. The second-order valence-electron chi connectivity index (χ2n) is 3.94. The van der Waals surface area contributed by atoms with Crippen molar-refractivity contribution in [2.24, 2.45) is 0 Å². The largest absolute Gasteiger partial charge is 0.354 e. The lowest BCUT2D eigenvalue weighted by molar-refractivity contribution is 1.09. The number of anilines is 3. The van der Waals surface area contributed by atoms with Crippen LogP contribution in [0.4, 0.5) is 17.6 Å². The summed E-state index contributed by atoms with van der Waals surface area (Å²) < 4.78 is 0. The van der Waals surface area contributed by atoms with Gasteiger partial charge in [0.15, 0.2) is 0 Å². The van der Waals surface area contributed by atoms with Crippen LogP contribution in [0, 0.1) is 0 Å². The Labute approximate surface area is 129 Å². The molecule has 0 aliphatic carbocycles. The number of nitrogens with one attached hydrogen (secondary N) is 3. The fourth-order valence-corrected chi connectivity index (χ4v) is 1.77. The van der Waals surface area contributed by atoms with Gasteiger partial charge in [0, 0.05) is 12.2 Å². The van der Waals surface area contributed by atoms with Crippen LogP contribution in [0.2, 0.25) is 10.0 Å². The van der Waals surface area contributed by atoms with Crippen LogP contribution in [-0.4, -0.2) is 21.5 Å². The molecule has 1 aromatic heterocycles. The highest BCUT2D eigenvalue weighted by atomic mass is 35.5. The highest BCUT2D eigenvalue weighted by Crippen LogP contribution is 2.25. The Kier molecular flexibility index (Phi) is 4.77. The summed E-state index contributed by atoms with van der Waals surface area (Å²) in [6, 6.07) is 4.81. The maximum atomic E-state index is 11.5. The number of nitrogens with zero attached hydrogens (tertiary/aromatic N) is 2. The molecule has 0 aliphatic rings. The lowest BCUT2D eigenvalue weighted by Gasteiger charge is -2.05. The van der Waals surface area contributed by atoms with Crippen LogP contribution in [0.1, 0.15) is 6.92 Å². The molecule has 0 unspecified atom stereocenters. The zero-order valence-corrected chi connectivity index (χ0v) is 12.4. The minimum absolute atomic E-state index is 0.0448. The Morgan fingerprint density at radius 3 is 2.62 bits per heavy atom. The van der Waals surface area contributed by atoms with Gasteiger partial charge in [-0.25, -0.2) is 0 Å². The number of H-pyrrole nitrogens is 1. The molecule has 0 atom stereocenters. The molecule has 3 N–H and O–H groups in total. The fraction of sp³-hybridized carbons (Fsp3) is 0.167. The number of aromatic amines is 1. The van der Waals surface area contributed by atoms with Crippen molar-refractivity contribution in [3.8, 4) is 0 Å². The molecule has 9 heteroatoms. The van der Waals surface area contributed by atoms with Crippen molar-refractivity contribution < 1.29 is 0 Å². The number of benzene rings is 1. The van der Waals surface area contributed by atoms with E-state index in [-0.39, 0.29) is 11.9 Å². The van der Waals surface area contributed by atoms with Gasteiger partial charge in [0.25, 0.3) is 0 Å². The van der Waals surface area contributed by atoms with E-state index in [4.69, 9.17) is 23.2 Å². The van der Waals surface area contributed by atoms with Crippen molar-refractivity contribution in [1.29, 1.82) is 0 Å². The van der Waals surface area contributed by atoms with Crippen LogP contribution >= 0.6 is 23.2 Å². The third-order valence-electron chi connectivity index (χ3n) is 2.37. The average molecular weight is 328 g/mol. The van der Waals surface area contributed by atoms with Crippen LogP contribution in [0.15, 0.2) is 27.8 Å². The van der Waals surface area contributed by atoms with Gasteiger partial charge in [-0.3, -0.25) is 14.6 Å². The maximum Gasteiger partial charge on any atom is 0.338 e. The zero-order chi connectivity index (χ0) is 15.4. The summed E-state index contributed by atoms with van der Waals surface area (Å²) >= 11 is 11.7. The molecule has 0 spiro atoms. The minimum Gasteiger partial charge on any atom is -0.354 e. The molecule has 1 heterocycles. The SMILES string of the molecule is CCNc1nc(Nc2ccc(Cl)c(Cl)c2)[nH]c(=O)c(=O)n1. The monoisotopic (exact) mass is 327 g/mol. The molecular formula is C12H11Cl2N5O2. The van der Waals surface area contributed by atoms with E-state index in [2.05, 4.69) is 25.6 Å².